The smallest absolute Gasteiger partial charge is 0.257 e. The first kappa shape index (κ1) is 12.8. The molecule has 0 radical (unpaired) electrons. The quantitative estimate of drug-likeness (QED) is 0.795. The van der Waals surface area contributed by atoms with E-state index in [1.54, 1.807) is 23.1 Å². The monoisotopic (exact) mass is 264 g/mol. The molecule has 18 heavy (non-hydrogen) atoms. The molecule has 0 spiro atoms. The van der Waals surface area contributed by atoms with E-state index in [1.165, 1.54) is 6.07 Å². The summed E-state index contributed by atoms with van der Waals surface area (Å²) in [6.45, 7) is 1.23. The Morgan fingerprint density at radius 3 is 2.83 bits per heavy atom. The second-order valence-electron chi connectivity index (χ2n) is 4.51. The summed E-state index contributed by atoms with van der Waals surface area (Å²) < 4.78 is 0. The lowest BCUT2D eigenvalue weighted by Gasteiger charge is -2.32. The van der Waals surface area contributed by atoms with E-state index in [0.717, 1.165) is 12.8 Å². The molecule has 1 unspecified atom stereocenters. The van der Waals surface area contributed by atoms with Crippen molar-refractivity contribution in [2.45, 2.75) is 12.8 Å². The third-order valence-electron chi connectivity index (χ3n) is 3.25. The van der Waals surface area contributed by atoms with Crippen LogP contribution in [0, 0.1) is 5.92 Å². The molecule has 3 N–H and O–H groups in total. The van der Waals surface area contributed by atoms with E-state index in [1.807, 2.05) is 0 Å². The summed E-state index contributed by atoms with van der Waals surface area (Å²) in [5, 5.41) is 9.69. The maximum Gasteiger partial charge on any atom is 0.257 e. The minimum Gasteiger partial charge on any atom is -0.507 e. The van der Waals surface area contributed by atoms with Crippen LogP contribution in [0.5, 0.6) is 5.75 Å². The van der Waals surface area contributed by atoms with E-state index in [-0.39, 0.29) is 17.6 Å². The molecule has 1 amide bonds. The van der Waals surface area contributed by atoms with E-state index >= 15 is 0 Å². The summed E-state index contributed by atoms with van der Waals surface area (Å²) >= 11 is 4.99. The molecule has 1 aliphatic rings. The minimum absolute atomic E-state index is 0.0138. The van der Waals surface area contributed by atoms with Crippen LogP contribution in [0.2, 0.25) is 0 Å². The number of phenolic OH excluding ortho intramolecular Hbond substituents is 1. The molecule has 2 rings (SSSR count). The molecule has 96 valence electrons. The van der Waals surface area contributed by atoms with Gasteiger partial charge in [0, 0.05) is 19.0 Å². The summed E-state index contributed by atoms with van der Waals surface area (Å²) in [7, 11) is 0. The second-order valence-corrected chi connectivity index (χ2v) is 4.98. The number of rotatable bonds is 2. The predicted molar refractivity (Wildman–Crippen MR) is 73.5 cm³/mol. The van der Waals surface area contributed by atoms with Crippen LogP contribution >= 0.6 is 12.2 Å². The number of hydrogen-bond acceptors (Lipinski definition) is 3. The van der Waals surface area contributed by atoms with Gasteiger partial charge in [0.15, 0.2) is 0 Å². The first-order valence-corrected chi connectivity index (χ1v) is 6.37. The van der Waals surface area contributed by atoms with Gasteiger partial charge in [-0.25, -0.2) is 0 Å². The van der Waals surface area contributed by atoms with E-state index in [9.17, 15) is 9.90 Å². The van der Waals surface area contributed by atoms with Crippen molar-refractivity contribution in [2.24, 2.45) is 11.7 Å². The van der Waals surface area contributed by atoms with Crippen LogP contribution in [0.25, 0.3) is 0 Å². The highest BCUT2D eigenvalue weighted by atomic mass is 32.1. The third-order valence-corrected chi connectivity index (χ3v) is 3.58. The number of hydrogen-bond donors (Lipinski definition) is 2. The number of nitrogens with two attached hydrogens (primary N) is 1. The summed E-state index contributed by atoms with van der Waals surface area (Å²) in [6.07, 6.45) is 1.82. The van der Waals surface area contributed by atoms with Crippen LogP contribution in [0.4, 0.5) is 0 Å². The van der Waals surface area contributed by atoms with Gasteiger partial charge in [-0.05, 0) is 25.0 Å². The Balaban J connectivity index is 2.14. The van der Waals surface area contributed by atoms with Crippen LogP contribution in [-0.4, -0.2) is 34.0 Å². The van der Waals surface area contributed by atoms with Crippen LogP contribution < -0.4 is 5.73 Å². The fraction of sp³-hybridized carbons (Fsp3) is 0.385. The van der Waals surface area contributed by atoms with Crippen molar-refractivity contribution in [3.8, 4) is 5.75 Å². The fourth-order valence-electron chi connectivity index (χ4n) is 2.22. The van der Waals surface area contributed by atoms with Crippen molar-refractivity contribution >= 4 is 23.1 Å². The van der Waals surface area contributed by atoms with Gasteiger partial charge in [0.2, 0.25) is 0 Å². The van der Waals surface area contributed by atoms with Gasteiger partial charge < -0.3 is 15.7 Å². The largest absolute Gasteiger partial charge is 0.507 e. The number of nitrogens with zero attached hydrogens (tertiary/aromatic N) is 1. The number of aromatic hydroxyl groups is 1. The van der Waals surface area contributed by atoms with Crippen LogP contribution in [0.1, 0.15) is 23.2 Å². The summed E-state index contributed by atoms with van der Waals surface area (Å²) in [5.74, 6) is -0.0578. The number of carbonyl (C=O) groups excluding carboxylic acids is 1. The van der Waals surface area contributed by atoms with Gasteiger partial charge >= 0.3 is 0 Å². The molecule has 1 fully saturated rings. The Labute approximate surface area is 111 Å². The second kappa shape index (κ2) is 5.35. The standard InChI is InChI=1S/C13H16N2O2S/c14-12(18)9-4-3-7-15(8-9)13(17)10-5-1-2-6-11(10)16/h1-2,5-6,9,16H,3-4,7-8H2,(H2,14,18). The van der Waals surface area contributed by atoms with Gasteiger partial charge in [-0.15, -0.1) is 0 Å². The van der Waals surface area contributed by atoms with Gasteiger partial charge in [0.1, 0.15) is 5.75 Å². The molecule has 0 saturated carbocycles. The number of phenols is 1. The molecular weight excluding hydrogens is 248 g/mol. The number of carbonyl (C=O) groups is 1. The maximum absolute atomic E-state index is 12.3. The first-order valence-electron chi connectivity index (χ1n) is 5.96. The zero-order chi connectivity index (χ0) is 13.1. The van der Waals surface area contributed by atoms with Crippen molar-refractivity contribution in [1.82, 2.24) is 4.90 Å². The average Bonchev–Trinajstić information content (AvgIpc) is 2.38. The molecule has 5 heteroatoms. The zero-order valence-electron chi connectivity index (χ0n) is 10.0. The first-order chi connectivity index (χ1) is 8.59. The molecule has 0 bridgehead atoms. The maximum atomic E-state index is 12.3. The summed E-state index contributed by atoms with van der Waals surface area (Å²) in [6, 6.07) is 6.58. The van der Waals surface area contributed by atoms with Crippen molar-refractivity contribution in [3.63, 3.8) is 0 Å². The average molecular weight is 264 g/mol. The SMILES string of the molecule is NC(=S)C1CCCN(C(=O)c2ccccc2O)C1. The summed E-state index contributed by atoms with van der Waals surface area (Å²) in [5.41, 5.74) is 5.98. The Morgan fingerprint density at radius 2 is 2.17 bits per heavy atom. The number of thiocarbonyl (C=S) groups is 1. The lowest BCUT2D eigenvalue weighted by molar-refractivity contribution is 0.0700. The van der Waals surface area contributed by atoms with E-state index in [0.29, 0.717) is 23.6 Å². The zero-order valence-corrected chi connectivity index (χ0v) is 10.8. The minimum atomic E-state index is -0.158. The fourth-order valence-corrected chi connectivity index (χ4v) is 2.41. The molecule has 1 aromatic carbocycles. The number of benzene rings is 1. The van der Waals surface area contributed by atoms with Crippen LogP contribution in [-0.2, 0) is 0 Å². The van der Waals surface area contributed by atoms with Crippen LogP contribution in [0.15, 0.2) is 24.3 Å². The molecule has 4 nitrogen and oxygen atoms in total. The lowest BCUT2D eigenvalue weighted by Crippen LogP contribution is -2.43. The molecule has 1 saturated heterocycles. The highest BCUT2D eigenvalue weighted by Gasteiger charge is 2.26. The van der Waals surface area contributed by atoms with Gasteiger partial charge in [-0.2, -0.15) is 0 Å². The normalized spacial score (nSPS) is 19.6. The Morgan fingerprint density at radius 1 is 1.44 bits per heavy atom. The molecule has 1 aromatic rings. The van der Waals surface area contributed by atoms with Gasteiger partial charge in [0.05, 0.1) is 10.6 Å². The Kier molecular flexibility index (Phi) is 3.81. The van der Waals surface area contributed by atoms with E-state index in [4.69, 9.17) is 18.0 Å². The number of amides is 1. The third kappa shape index (κ3) is 2.61. The summed E-state index contributed by atoms with van der Waals surface area (Å²) in [4.78, 5) is 14.4. The van der Waals surface area contributed by atoms with E-state index in [2.05, 4.69) is 0 Å². The highest BCUT2D eigenvalue weighted by Crippen LogP contribution is 2.22. The Hall–Kier alpha value is -1.62. The van der Waals surface area contributed by atoms with Gasteiger partial charge in [-0.3, -0.25) is 4.79 Å². The molecule has 0 aliphatic carbocycles. The highest BCUT2D eigenvalue weighted by molar-refractivity contribution is 7.80. The van der Waals surface area contributed by atoms with E-state index < -0.39 is 0 Å². The van der Waals surface area contributed by atoms with Gasteiger partial charge in [-0.1, -0.05) is 24.4 Å². The molecular formula is C13H16N2O2S. The van der Waals surface area contributed by atoms with Gasteiger partial charge in [0.25, 0.3) is 5.91 Å². The predicted octanol–water partition coefficient (Wildman–Crippen LogP) is 1.53. The van der Waals surface area contributed by atoms with Crippen LogP contribution in [0.3, 0.4) is 0 Å². The van der Waals surface area contributed by atoms with Crippen molar-refractivity contribution < 1.29 is 9.90 Å². The van der Waals surface area contributed by atoms with Crippen molar-refractivity contribution in [1.29, 1.82) is 0 Å². The lowest BCUT2D eigenvalue weighted by atomic mass is 9.97. The van der Waals surface area contributed by atoms with Crippen molar-refractivity contribution in [2.75, 3.05) is 13.1 Å². The van der Waals surface area contributed by atoms with Crippen molar-refractivity contribution in [3.05, 3.63) is 29.8 Å². The molecule has 1 aliphatic heterocycles. The molecule has 0 aromatic heterocycles. The molecule has 1 atom stereocenters. The Bertz CT molecular complexity index is 476. The molecule has 1 heterocycles. The number of para-hydroxylation sites is 1. The topological polar surface area (TPSA) is 66.6 Å². The number of likely N-dealkylation sites (tertiary alicyclic amines) is 1. The number of piperidine rings is 1.